The predicted molar refractivity (Wildman–Crippen MR) is 56.6 cm³/mol. The maximum absolute atomic E-state index is 11.1. The largest absolute Gasteiger partial charge is 0.340 e. The highest BCUT2D eigenvalue weighted by Gasteiger charge is 2.30. The van der Waals surface area contributed by atoms with Crippen LogP contribution in [0.15, 0.2) is 0 Å². The zero-order valence-electron chi connectivity index (χ0n) is 9.63. The van der Waals surface area contributed by atoms with E-state index in [9.17, 15) is 4.79 Å². The minimum Gasteiger partial charge on any atom is -0.340 e. The lowest BCUT2D eigenvalue weighted by molar-refractivity contribution is -0.129. The quantitative estimate of drug-likeness (QED) is 0.615. The molecule has 2 heteroatoms. The summed E-state index contributed by atoms with van der Waals surface area (Å²) in [5.41, 5.74) is 0. The molecule has 1 saturated heterocycles. The Kier molecular flexibility index (Phi) is 5.76. The smallest absolute Gasteiger partial charge is 0.219 e. The molecule has 1 fully saturated rings. The molecule has 13 heavy (non-hydrogen) atoms. The first kappa shape index (κ1) is 12.5. The maximum Gasteiger partial charge on any atom is 0.219 e. The summed E-state index contributed by atoms with van der Waals surface area (Å²) in [6.45, 7) is 11.0. The lowest BCUT2D eigenvalue weighted by Gasteiger charge is -2.24. The van der Waals surface area contributed by atoms with Crippen LogP contribution in [0.25, 0.3) is 0 Å². The zero-order chi connectivity index (χ0) is 10.4. The van der Waals surface area contributed by atoms with Crippen molar-refractivity contribution in [3.05, 3.63) is 0 Å². The van der Waals surface area contributed by atoms with E-state index in [1.807, 2.05) is 18.7 Å². The number of likely N-dealkylation sites (tertiary alicyclic amines) is 1. The third-order valence-electron chi connectivity index (χ3n) is 2.71. The van der Waals surface area contributed by atoms with Crippen molar-refractivity contribution in [3.63, 3.8) is 0 Å². The van der Waals surface area contributed by atoms with Gasteiger partial charge in [0.05, 0.1) is 0 Å². The van der Waals surface area contributed by atoms with Crippen molar-refractivity contribution < 1.29 is 4.79 Å². The van der Waals surface area contributed by atoms with Gasteiger partial charge in [0, 0.05) is 19.5 Å². The summed E-state index contributed by atoms with van der Waals surface area (Å²) in [6.07, 6.45) is 2.28. The van der Waals surface area contributed by atoms with Crippen LogP contribution in [0.4, 0.5) is 0 Å². The van der Waals surface area contributed by atoms with Crippen LogP contribution in [0.2, 0.25) is 0 Å². The molecule has 0 N–H and O–H groups in total. The van der Waals surface area contributed by atoms with Crippen LogP contribution in [0.1, 0.15) is 47.5 Å². The molecular weight excluding hydrogens is 162 g/mol. The van der Waals surface area contributed by atoms with E-state index < -0.39 is 0 Å². The van der Waals surface area contributed by atoms with Gasteiger partial charge in [-0.15, -0.1) is 0 Å². The molecule has 0 spiro atoms. The van der Waals surface area contributed by atoms with Crippen LogP contribution in [0.5, 0.6) is 0 Å². The Morgan fingerprint density at radius 2 is 2.00 bits per heavy atom. The summed E-state index contributed by atoms with van der Waals surface area (Å²) in [4.78, 5) is 13.1. The summed E-state index contributed by atoms with van der Waals surface area (Å²) >= 11 is 0. The first-order chi connectivity index (χ1) is 6.16. The van der Waals surface area contributed by atoms with Gasteiger partial charge in [-0.25, -0.2) is 0 Å². The van der Waals surface area contributed by atoms with Crippen molar-refractivity contribution in [3.8, 4) is 0 Å². The lowest BCUT2D eigenvalue weighted by Crippen LogP contribution is -2.35. The summed E-state index contributed by atoms with van der Waals surface area (Å²) in [6, 6.07) is 0.507. The molecule has 1 rings (SSSR count). The summed E-state index contributed by atoms with van der Waals surface area (Å²) in [5, 5.41) is 0. The van der Waals surface area contributed by atoms with Crippen molar-refractivity contribution >= 4 is 5.91 Å². The van der Waals surface area contributed by atoms with Gasteiger partial charge in [-0.2, -0.15) is 0 Å². The predicted octanol–water partition coefficient (Wildman–Crippen LogP) is 2.68. The van der Waals surface area contributed by atoms with Crippen molar-refractivity contribution in [2.45, 2.75) is 53.5 Å². The summed E-state index contributed by atoms with van der Waals surface area (Å²) in [7, 11) is 0. The SMILES string of the molecule is CC.CCC1C(C)CCN1C(C)=O. The van der Waals surface area contributed by atoms with Crippen molar-refractivity contribution in [2.24, 2.45) is 5.92 Å². The van der Waals surface area contributed by atoms with Crippen LogP contribution < -0.4 is 0 Å². The van der Waals surface area contributed by atoms with E-state index in [1.54, 1.807) is 6.92 Å². The molecule has 1 aliphatic rings. The molecule has 0 radical (unpaired) electrons. The van der Waals surface area contributed by atoms with Crippen LogP contribution >= 0.6 is 0 Å². The van der Waals surface area contributed by atoms with Gasteiger partial charge in [-0.05, 0) is 18.8 Å². The van der Waals surface area contributed by atoms with Crippen LogP contribution in [0, 0.1) is 5.92 Å². The minimum absolute atomic E-state index is 0.237. The van der Waals surface area contributed by atoms with E-state index in [2.05, 4.69) is 13.8 Å². The molecule has 0 aliphatic carbocycles. The third kappa shape index (κ3) is 3.02. The molecular formula is C11H23NO. The molecule has 0 bridgehead atoms. The first-order valence-corrected chi connectivity index (χ1v) is 5.44. The summed E-state index contributed by atoms with van der Waals surface area (Å²) < 4.78 is 0. The molecule has 0 aromatic rings. The van der Waals surface area contributed by atoms with E-state index in [4.69, 9.17) is 0 Å². The second kappa shape index (κ2) is 6.01. The standard InChI is InChI=1S/C9H17NO.C2H6/c1-4-9-7(2)5-6-10(9)8(3)11;1-2/h7,9H,4-6H2,1-3H3;1-2H3. The van der Waals surface area contributed by atoms with Crippen molar-refractivity contribution in [2.75, 3.05) is 6.54 Å². The molecule has 1 heterocycles. The highest BCUT2D eigenvalue weighted by Crippen LogP contribution is 2.25. The van der Waals surface area contributed by atoms with Gasteiger partial charge >= 0.3 is 0 Å². The first-order valence-electron chi connectivity index (χ1n) is 5.44. The van der Waals surface area contributed by atoms with E-state index in [-0.39, 0.29) is 5.91 Å². The lowest BCUT2D eigenvalue weighted by atomic mass is 10.0. The fraction of sp³-hybridized carbons (Fsp3) is 0.909. The van der Waals surface area contributed by atoms with Gasteiger partial charge in [0.1, 0.15) is 0 Å². The van der Waals surface area contributed by atoms with Gasteiger partial charge in [0.25, 0.3) is 0 Å². The number of carbonyl (C=O) groups excluding carboxylic acids is 1. The Labute approximate surface area is 82.3 Å². The average molecular weight is 185 g/mol. The molecule has 0 saturated carbocycles. The number of rotatable bonds is 1. The van der Waals surface area contributed by atoms with Gasteiger partial charge in [0.15, 0.2) is 0 Å². The molecule has 0 aromatic carbocycles. The molecule has 1 amide bonds. The van der Waals surface area contributed by atoms with Gasteiger partial charge < -0.3 is 4.90 Å². The van der Waals surface area contributed by atoms with Crippen LogP contribution in [-0.4, -0.2) is 23.4 Å². The molecule has 2 atom stereocenters. The Morgan fingerprint density at radius 1 is 1.46 bits per heavy atom. The molecule has 2 nitrogen and oxygen atoms in total. The summed E-state index contributed by atoms with van der Waals surface area (Å²) in [5.74, 6) is 0.935. The zero-order valence-corrected chi connectivity index (χ0v) is 9.63. The Bertz CT molecular complexity index is 156. The normalized spacial score (nSPS) is 26.7. The number of amides is 1. The Morgan fingerprint density at radius 3 is 2.31 bits per heavy atom. The third-order valence-corrected chi connectivity index (χ3v) is 2.71. The van der Waals surface area contributed by atoms with Crippen molar-refractivity contribution in [1.82, 2.24) is 4.90 Å². The van der Waals surface area contributed by atoms with E-state index in [0.717, 1.165) is 13.0 Å². The molecule has 78 valence electrons. The molecule has 1 aliphatic heterocycles. The highest BCUT2D eigenvalue weighted by molar-refractivity contribution is 5.73. The number of carbonyl (C=O) groups is 1. The number of hydrogen-bond acceptors (Lipinski definition) is 1. The van der Waals surface area contributed by atoms with Crippen molar-refractivity contribution in [1.29, 1.82) is 0 Å². The molecule has 0 aromatic heterocycles. The number of hydrogen-bond donors (Lipinski definition) is 0. The maximum atomic E-state index is 11.1. The second-order valence-corrected chi connectivity index (χ2v) is 3.45. The fourth-order valence-electron chi connectivity index (χ4n) is 2.02. The van der Waals surface area contributed by atoms with Gasteiger partial charge in [-0.1, -0.05) is 27.7 Å². The number of nitrogens with zero attached hydrogens (tertiary/aromatic N) is 1. The topological polar surface area (TPSA) is 20.3 Å². The fourth-order valence-corrected chi connectivity index (χ4v) is 2.02. The Balaban J connectivity index is 0.000000671. The average Bonchev–Trinajstić information content (AvgIpc) is 2.50. The van der Waals surface area contributed by atoms with E-state index in [1.165, 1.54) is 6.42 Å². The Hall–Kier alpha value is -0.530. The second-order valence-electron chi connectivity index (χ2n) is 3.45. The van der Waals surface area contributed by atoms with Crippen LogP contribution in [-0.2, 0) is 4.79 Å². The highest BCUT2D eigenvalue weighted by atomic mass is 16.2. The van der Waals surface area contributed by atoms with E-state index in [0.29, 0.717) is 12.0 Å². The molecule has 2 unspecified atom stereocenters. The monoisotopic (exact) mass is 185 g/mol. The van der Waals surface area contributed by atoms with Gasteiger partial charge in [-0.3, -0.25) is 4.79 Å². The van der Waals surface area contributed by atoms with E-state index >= 15 is 0 Å². The van der Waals surface area contributed by atoms with Gasteiger partial charge in [0.2, 0.25) is 5.91 Å². The van der Waals surface area contributed by atoms with Crippen LogP contribution in [0.3, 0.4) is 0 Å². The minimum atomic E-state index is 0.237.